The smallest absolute Gasteiger partial charge is 0.234 e. The minimum Gasteiger partial charge on any atom is -0.384 e. The predicted molar refractivity (Wildman–Crippen MR) is 155 cm³/mol. The van der Waals surface area contributed by atoms with E-state index in [4.69, 9.17) is 5.73 Å². The molecule has 8 nitrogen and oxygen atoms in total. The molecule has 0 bridgehead atoms. The van der Waals surface area contributed by atoms with Crippen LogP contribution in [-0.2, 0) is 9.59 Å². The van der Waals surface area contributed by atoms with Gasteiger partial charge in [0, 0.05) is 29.3 Å². The van der Waals surface area contributed by atoms with Crippen molar-refractivity contribution in [3.8, 4) is 6.07 Å². The summed E-state index contributed by atoms with van der Waals surface area (Å²) in [5.41, 5.74) is 10.2. The highest BCUT2D eigenvalue weighted by Gasteiger charge is 2.39. The first kappa shape index (κ1) is 27.3. The number of nitrogens with two attached hydrogens (primary N) is 1. The fraction of sp³-hybridized carbons (Fsp3) is 0.207. The zero-order valence-corrected chi connectivity index (χ0v) is 23.2. The molecule has 1 aromatic heterocycles. The summed E-state index contributed by atoms with van der Waals surface area (Å²) in [6.45, 7) is 1.78. The summed E-state index contributed by atoms with van der Waals surface area (Å²) in [6.07, 6.45) is 5.43. The van der Waals surface area contributed by atoms with E-state index in [0.717, 1.165) is 16.8 Å². The molecule has 3 N–H and O–H groups in total. The zero-order chi connectivity index (χ0) is 28.2. The lowest BCUT2D eigenvalue weighted by Crippen LogP contribution is -2.39. The minimum atomic E-state index is -0.555. The fourth-order valence-corrected chi connectivity index (χ4v) is 6.38. The van der Waals surface area contributed by atoms with Crippen molar-refractivity contribution in [1.29, 1.82) is 5.26 Å². The van der Waals surface area contributed by atoms with E-state index in [1.807, 2.05) is 42.5 Å². The van der Waals surface area contributed by atoms with Crippen molar-refractivity contribution in [2.45, 2.75) is 30.5 Å². The molecule has 0 spiro atoms. The van der Waals surface area contributed by atoms with Gasteiger partial charge in [-0.15, -0.1) is 10.2 Å². The zero-order valence-electron chi connectivity index (χ0n) is 21.6. The van der Waals surface area contributed by atoms with Crippen LogP contribution in [0.25, 0.3) is 6.08 Å². The Morgan fingerprint density at radius 1 is 1.27 bits per heavy atom. The van der Waals surface area contributed by atoms with E-state index in [1.54, 1.807) is 17.9 Å². The summed E-state index contributed by atoms with van der Waals surface area (Å²) in [6, 6.07) is 16.1. The second-order valence-corrected chi connectivity index (χ2v) is 11.5. The van der Waals surface area contributed by atoms with Crippen molar-refractivity contribution in [1.82, 2.24) is 10.2 Å². The van der Waals surface area contributed by atoms with Crippen LogP contribution in [0.1, 0.15) is 30.4 Å². The number of thioether (sulfide) groups is 1. The molecule has 3 aromatic rings. The normalized spacial score (nSPS) is 17.3. The fourth-order valence-electron chi connectivity index (χ4n) is 4.70. The number of carbonyl (C=O) groups is 2. The van der Waals surface area contributed by atoms with Crippen molar-refractivity contribution < 1.29 is 14.0 Å². The first-order valence-electron chi connectivity index (χ1n) is 12.6. The number of ketones is 1. The summed E-state index contributed by atoms with van der Waals surface area (Å²) in [5, 5.41) is 21.7. The van der Waals surface area contributed by atoms with Crippen LogP contribution in [0.15, 0.2) is 81.6 Å². The maximum absolute atomic E-state index is 13.6. The molecule has 5 rings (SSSR count). The number of nitrogens with zero attached hydrogens (tertiary/aromatic N) is 4. The van der Waals surface area contributed by atoms with E-state index in [9.17, 15) is 19.2 Å². The highest BCUT2D eigenvalue weighted by atomic mass is 32.2. The lowest BCUT2D eigenvalue weighted by atomic mass is 9.79. The van der Waals surface area contributed by atoms with Crippen LogP contribution in [-0.4, -0.2) is 27.6 Å². The van der Waals surface area contributed by atoms with E-state index < -0.39 is 11.7 Å². The number of nitrogens with one attached hydrogen (secondary N) is 1. The van der Waals surface area contributed by atoms with Crippen molar-refractivity contribution >= 4 is 51.7 Å². The molecule has 2 aromatic carbocycles. The number of aryl methyl sites for hydroxylation is 1. The Kier molecular flexibility index (Phi) is 8.09. The van der Waals surface area contributed by atoms with Crippen LogP contribution in [0.4, 0.5) is 15.2 Å². The van der Waals surface area contributed by atoms with Gasteiger partial charge < -0.3 is 11.1 Å². The number of nitriles is 1. The minimum absolute atomic E-state index is 0.0161. The average Bonchev–Trinajstić information content (AvgIpc) is 3.41. The number of aromatic nitrogens is 2. The monoisotopic (exact) mass is 572 g/mol. The second-order valence-electron chi connectivity index (χ2n) is 9.28. The molecule has 1 aliphatic carbocycles. The summed E-state index contributed by atoms with van der Waals surface area (Å²) >= 11 is 2.40. The Morgan fingerprint density at radius 2 is 2.08 bits per heavy atom. The number of amides is 1. The van der Waals surface area contributed by atoms with Crippen LogP contribution >= 0.6 is 23.1 Å². The first-order chi connectivity index (χ1) is 19.4. The van der Waals surface area contributed by atoms with Crippen molar-refractivity contribution in [2.75, 3.05) is 16.0 Å². The SMILES string of the molecule is Cc1ccc(F)cc1NC(=O)CSc1nnc(N2C(N)=C(C#N)C(/C=C/c3ccccc3)C3=C2CCCC3=O)s1. The number of carbonyl (C=O) groups excluding carboxylic acids is 2. The van der Waals surface area contributed by atoms with Gasteiger partial charge >= 0.3 is 0 Å². The Labute approximate surface area is 239 Å². The lowest BCUT2D eigenvalue weighted by Gasteiger charge is -2.37. The van der Waals surface area contributed by atoms with Gasteiger partial charge in [-0.2, -0.15) is 5.26 Å². The van der Waals surface area contributed by atoms with E-state index in [2.05, 4.69) is 21.6 Å². The van der Waals surface area contributed by atoms with Crippen LogP contribution in [0, 0.1) is 30.0 Å². The Hall–Kier alpha value is -4.27. The molecule has 1 amide bonds. The second kappa shape index (κ2) is 11.9. The highest BCUT2D eigenvalue weighted by molar-refractivity contribution is 8.01. The number of hydrogen-bond donors (Lipinski definition) is 2. The molecular weight excluding hydrogens is 547 g/mol. The Bertz CT molecular complexity index is 1610. The number of benzene rings is 2. The number of anilines is 2. The summed E-state index contributed by atoms with van der Waals surface area (Å²) in [7, 11) is 0. The van der Waals surface area contributed by atoms with Crippen molar-refractivity contribution in [2.24, 2.45) is 11.7 Å². The molecule has 40 heavy (non-hydrogen) atoms. The third kappa shape index (κ3) is 5.68. The molecule has 0 saturated carbocycles. The van der Waals surface area contributed by atoms with Crippen LogP contribution in [0.2, 0.25) is 0 Å². The van der Waals surface area contributed by atoms with Gasteiger partial charge in [-0.3, -0.25) is 14.5 Å². The van der Waals surface area contributed by atoms with Gasteiger partial charge in [-0.25, -0.2) is 4.39 Å². The van der Waals surface area contributed by atoms with Crippen molar-refractivity contribution in [3.63, 3.8) is 0 Å². The molecule has 11 heteroatoms. The molecule has 1 atom stereocenters. The number of Topliss-reactive ketones (excluding diaryl/α,β-unsaturated/α-hetero) is 1. The van der Waals surface area contributed by atoms with Crippen LogP contribution in [0.5, 0.6) is 0 Å². The van der Waals surface area contributed by atoms with Gasteiger partial charge in [0.1, 0.15) is 11.6 Å². The highest BCUT2D eigenvalue weighted by Crippen LogP contribution is 2.44. The quantitative estimate of drug-likeness (QED) is 0.352. The molecule has 0 radical (unpaired) electrons. The predicted octanol–water partition coefficient (Wildman–Crippen LogP) is 5.57. The topological polar surface area (TPSA) is 125 Å². The Balaban J connectivity index is 1.39. The molecule has 0 fully saturated rings. The van der Waals surface area contributed by atoms with Crippen LogP contribution in [0.3, 0.4) is 0 Å². The maximum atomic E-state index is 13.6. The van der Waals surface area contributed by atoms with E-state index in [1.165, 1.54) is 35.2 Å². The van der Waals surface area contributed by atoms with Gasteiger partial charge in [-0.1, -0.05) is 71.6 Å². The first-order valence-corrected chi connectivity index (χ1v) is 14.4. The molecule has 2 aliphatic rings. The van der Waals surface area contributed by atoms with E-state index in [0.29, 0.717) is 40.0 Å². The summed E-state index contributed by atoms with van der Waals surface area (Å²) in [4.78, 5) is 27.3. The maximum Gasteiger partial charge on any atom is 0.234 e. The molecule has 0 saturated heterocycles. The average molecular weight is 573 g/mol. The number of rotatable bonds is 7. The molecule has 1 unspecified atom stereocenters. The van der Waals surface area contributed by atoms with Crippen molar-refractivity contribution in [3.05, 3.63) is 94.2 Å². The van der Waals surface area contributed by atoms with Gasteiger partial charge in [0.2, 0.25) is 11.0 Å². The van der Waals surface area contributed by atoms with Gasteiger partial charge in [-0.05, 0) is 43.0 Å². The van der Waals surface area contributed by atoms with E-state index in [-0.39, 0.29) is 28.8 Å². The third-order valence-corrected chi connectivity index (χ3v) is 8.67. The summed E-state index contributed by atoms with van der Waals surface area (Å²) in [5.74, 6) is -1.06. The number of halogens is 1. The standard InChI is InChI=1S/C29H25FN6O2S2/c1-17-10-12-19(30)14-22(17)33-25(38)16-39-29-35-34-28(40-29)36-23-8-5-9-24(37)26(23)20(21(15-31)27(36)32)13-11-18-6-3-2-4-7-18/h2-4,6-7,10-14,20H,5,8-9,16,32H2,1H3,(H,33,38)/b13-11+. The summed E-state index contributed by atoms with van der Waals surface area (Å²) < 4.78 is 14.1. The number of allylic oxidation sites excluding steroid dienone is 4. The molecular formula is C29H25FN6O2S2. The van der Waals surface area contributed by atoms with E-state index >= 15 is 0 Å². The van der Waals surface area contributed by atoms with Crippen LogP contribution < -0.4 is 16.0 Å². The molecule has 2 heterocycles. The third-order valence-electron chi connectivity index (χ3n) is 6.63. The molecule has 1 aliphatic heterocycles. The van der Waals surface area contributed by atoms with Gasteiger partial charge in [0.05, 0.1) is 17.4 Å². The largest absolute Gasteiger partial charge is 0.384 e. The molecule has 202 valence electrons. The lowest BCUT2D eigenvalue weighted by molar-refractivity contribution is -0.116. The Morgan fingerprint density at radius 3 is 2.85 bits per heavy atom. The van der Waals surface area contributed by atoms with Gasteiger partial charge in [0.25, 0.3) is 0 Å². The number of hydrogen-bond acceptors (Lipinski definition) is 9. The van der Waals surface area contributed by atoms with Gasteiger partial charge in [0.15, 0.2) is 10.1 Å².